The number of carboxylic acids is 1. The predicted molar refractivity (Wildman–Crippen MR) is 131 cm³/mol. The Morgan fingerprint density at radius 2 is 1.57 bits per heavy atom. The maximum atomic E-state index is 13.0. The molecule has 0 bridgehead atoms. The third-order valence-corrected chi connectivity index (χ3v) is 5.40. The van der Waals surface area contributed by atoms with E-state index in [4.69, 9.17) is 5.73 Å². The summed E-state index contributed by atoms with van der Waals surface area (Å²) in [6.07, 6.45) is 0.0525. The summed E-state index contributed by atoms with van der Waals surface area (Å²) in [5, 5.41) is 17.9. The molecule has 6 N–H and O–H groups in total. The van der Waals surface area contributed by atoms with Gasteiger partial charge in [-0.15, -0.1) is 0 Å². The average molecular weight is 470 g/mol. The molecule has 4 rings (SSSR count). The zero-order chi connectivity index (χ0) is 24.9. The van der Waals surface area contributed by atoms with Crippen molar-refractivity contribution in [2.24, 2.45) is 5.73 Å². The van der Waals surface area contributed by atoms with Crippen molar-refractivity contribution < 1.29 is 24.3 Å². The minimum atomic E-state index is -1.08. The molecule has 0 unspecified atom stereocenters. The number of rotatable bonds is 8. The van der Waals surface area contributed by atoms with Crippen LogP contribution in [0.1, 0.15) is 38.3 Å². The lowest BCUT2D eigenvalue weighted by molar-refractivity contribution is -0.117. The van der Waals surface area contributed by atoms with Crippen molar-refractivity contribution in [2.75, 3.05) is 17.2 Å². The summed E-state index contributed by atoms with van der Waals surface area (Å²) in [4.78, 5) is 47.4. The lowest BCUT2D eigenvalue weighted by atomic mass is 9.99. The Labute approximate surface area is 200 Å². The first kappa shape index (κ1) is 23.2. The van der Waals surface area contributed by atoms with E-state index in [0.29, 0.717) is 33.8 Å². The van der Waals surface area contributed by atoms with Gasteiger partial charge in [0.1, 0.15) is 0 Å². The minimum Gasteiger partial charge on any atom is -0.478 e. The van der Waals surface area contributed by atoms with Crippen LogP contribution < -0.4 is 21.7 Å². The second-order valence-corrected chi connectivity index (χ2v) is 7.81. The number of anilines is 2. The number of carbonyl (C=O) groups is 4. The zero-order valence-electron chi connectivity index (χ0n) is 18.5. The molecule has 0 aliphatic carbocycles. The number of benzene rings is 3. The van der Waals surface area contributed by atoms with E-state index in [2.05, 4.69) is 16.0 Å². The van der Waals surface area contributed by atoms with Gasteiger partial charge in [-0.2, -0.15) is 0 Å². The number of carbonyl (C=O) groups excluding carboxylic acids is 3. The largest absolute Gasteiger partial charge is 0.478 e. The molecule has 0 saturated heterocycles. The van der Waals surface area contributed by atoms with Gasteiger partial charge < -0.3 is 26.8 Å². The summed E-state index contributed by atoms with van der Waals surface area (Å²) in [5.74, 6) is -2.28. The van der Waals surface area contributed by atoms with Crippen LogP contribution in [-0.2, 0) is 9.59 Å². The van der Waals surface area contributed by atoms with Gasteiger partial charge in [-0.25, -0.2) is 4.79 Å². The third kappa shape index (κ3) is 5.19. The quantitative estimate of drug-likeness (QED) is 0.319. The van der Waals surface area contributed by atoms with Gasteiger partial charge in [0.15, 0.2) is 0 Å². The Morgan fingerprint density at radius 1 is 0.886 bits per heavy atom. The molecule has 0 aromatic heterocycles. The van der Waals surface area contributed by atoms with Crippen molar-refractivity contribution in [3.05, 3.63) is 95.1 Å². The standard InChI is InChI=1S/C26H22N4O5/c27-21(31)12-13-28-24(32)16-6-9-18(10-7-16)29-23(15-4-2-1-3-5-15)22-19-11-8-17(26(34)35)14-20(19)30-25(22)33/h1-11,14,29H,12-13H2,(H2,27,31)(H,28,32)(H,30,33)(H,34,35)/b23-22-. The van der Waals surface area contributed by atoms with Crippen LogP contribution in [0.15, 0.2) is 72.8 Å². The monoisotopic (exact) mass is 470 g/mol. The number of nitrogens with two attached hydrogens (primary N) is 1. The highest BCUT2D eigenvalue weighted by molar-refractivity contribution is 6.37. The molecule has 0 spiro atoms. The molecule has 0 atom stereocenters. The average Bonchev–Trinajstić information content (AvgIpc) is 3.17. The summed E-state index contributed by atoms with van der Waals surface area (Å²) >= 11 is 0. The van der Waals surface area contributed by atoms with E-state index < -0.39 is 11.9 Å². The minimum absolute atomic E-state index is 0.0525. The number of amides is 3. The summed E-state index contributed by atoms with van der Waals surface area (Å²) in [7, 11) is 0. The van der Waals surface area contributed by atoms with Crippen LogP contribution in [0.3, 0.4) is 0 Å². The van der Waals surface area contributed by atoms with Crippen LogP contribution in [0, 0.1) is 0 Å². The zero-order valence-corrected chi connectivity index (χ0v) is 18.5. The number of primary amides is 1. The first-order valence-corrected chi connectivity index (χ1v) is 10.8. The Hall–Kier alpha value is -4.92. The smallest absolute Gasteiger partial charge is 0.335 e. The number of hydrogen-bond donors (Lipinski definition) is 5. The van der Waals surface area contributed by atoms with Crippen LogP contribution in [0.5, 0.6) is 0 Å². The second kappa shape index (κ2) is 9.92. The van der Waals surface area contributed by atoms with Gasteiger partial charge in [-0.1, -0.05) is 36.4 Å². The topological polar surface area (TPSA) is 151 Å². The first-order valence-electron chi connectivity index (χ1n) is 10.8. The van der Waals surface area contributed by atoms with Gasteiger partial charge >= 0.3 is 5.97 Å². The Bertz CT molecular complexity index is 1350. The van der Waals surface area contributed by atoms with E-state index in [1.54, 1.807) is 30.3 Å². The van der Waals surface area contributed by atoms with E-state index in [1.807, 2.05) is 30.3 Å². The number of hydrogen-bond acceptors (Lipinski definition) is 5. The fourth-order valence-electron chi connectivity index (χ4n) is 3.69. The molecular formula is C26H22N4O5. The molecule has 1 aliphatic rings. The molecule has 3 aromatic rings. The fourth-order valence-corrected chi connectivity index (χ4v) is 3.69. The maximum Gasteiger partial charge on any atom is 0.335 e. The highest BCUT2D eigenvalue weighted by Gasteiger charge is 2.29. The summed E-state index contributed by atoms with van der Waals surface area (Å²) in [6, 6.07) is 20.4. The molecule has 176 valence electrons. The maximum absolute atomic E-state index is 13.0. The fraction of sp³-hybridized carbons (Fsp3) is 0.0769. The van der Waals surface area contributed by atoms with E-state index in [0.717, 1.165) is 5.56 Å². The van der Waals surface area contributed by atoms with Crippen LogP contribution in [0.25, 0.3) is 11.3 Å². The molecule has 1 aliphatic heterocycles. The van der Waals surface area contributed by atoms with Crippen molar-refractivity contribution in [3.8, 4) is 0 Å². The lowest BCUT2D eigenvalue weighted by Crippen LogP contribution is -2.27. The molecule has 9 nitrogen and oxygen atoms in total. The normalized spacial score (nSPS) is 13.4. The van der Waals surface area contributed by atoms with Crippen molar-refractivity contribution in [1.29, 1.82) is 0 Å². The van der Waals surface area contributed by atoms with Crippen LogP contribution in [-0.4, -0.2) is 35.3 Å². The molecule has 9 heteroatoms. The molecule has 3 aromatic carbocycles. The highest BCUT2D eigenvalue weighted by atomic mass is 16.4. The van der Waals surface area contributed by atoms with Gasteiger partial charge in [0.25, 0.3) is 11.8 Å². The molecule has 0 saturated carbocycles. The molecular weight excluding hydrogens is 448 g/mol. The van der Waals surface area contributed by atoms with Gasteiger partial charge in [0.2, 0.25) is 5.91 Å². The molecule has 1 heterocycles. The third-order valence-electron chi connectivity index (χ3n) is 5.40. The van der Waals surface area contributed by atoms with Crippen molar-refractivity contribution in [3.63, 3.8) is 0 Å². The summed E-state index contributed by atoms with van der Waals surface area (Å²) < 4.78 is 0. The number of nitrogens with one attached hydrogen (secondary N) is 3. The van der Waals surface area contributed by atoms with Gasteiger partial charge in [-0.05, 0) is 42.0 Å². The van der Waals surface area contributed by atoms with Crippen LogP contribution >= 0.6 is 0 Å². The summed E-state index contributed by atoms with van der Waals surface area (Å²) in [5.41, 5.74) is 8.85. The van der Waals surface area contributed by atoms with Gasteiger partial charge in [0.05, 0.1) is 22.5 Å². The lowest BCUT2D eigenvalue weighted by Gasteiger charge is -2.15. The Morgan fingerprint density at radius 3 is 2.23 bits per heavy atom. The van der Waals surface area contributed by atoms with Crippen molar-refractivity contribution in [2.45, 2.75) is 6.42 Å². The molecule has 3 amide bonds. The van der Waals surface area contributed by atoms with Crippen molar-refractivity contribution >= 4 is 46.3 Å². The van der Waals surface area contributed by atoms with Crippen molar-refractivity contribution in [1.82, 2.24) is 5.32 Å². The van der Waals surface area contributed by atoms with E-state index in [9.17, 15) is 24.3 Å². The first-order chi connectivity index (χ1) is 16.8. The molecule has 0 fully saturated rings. The van der Waals surface area contributed by atoms with E-state index in [-0.39, 0.29) is 30.3 Å². The molecule has 35 heavy (non-hydrogen) atoms. The predicted octanol–water partition coefficient (Wildman–Crippen LogP) is 2.92. The van der Waals surface area contributed by atoms with Gasteiger partial charge in [-0.3, -0.25) is 14.4 Å². The Balaban J connectivity index is 1.67. The number of aromatic carboxylic acids is 1. The number of fused-ring (bicyclic) bond motifs is 1. The van der Waals surface area contributed by atoms with E-state index >= 15 is 0 Å². The SMILES string of the molecule is NC(=O)CCNC(=O)c1ccc(N/C(=C2\C(=O)Nc3cc(C(=O)O)ccc32)c2ccccc2)cc1. The second-order valence-electron chi connectivity index (χ2n) is 7.81. The molecule has 0 radical (unpaired) electrons. The van der Waals surface area contributed by atoms with E-state index in [1.165, 1.54) is 12.1 Å². The summed E-state index contributed by atoms with van der Waals surface area (Å²) in [6.45, 7) is 0.149. The number of carboxylic acid groups (broad SMARTS) is 1. The van der Waals surface area contributed by atoms with Gasteiger partial charge in [0, 0.05) is 29.8 Å². The highest BCUT2D eigenvalue weighted by Crippen LogP contribution is 2.38. The Kier molecular flexibility index (Phi) is 6.59. The van der Waals surface area contributed by atoms with Crippen LogP contribution in [0.4, 0.5) is 11.4 Å². The van der Waals surface area contributed by atoms with Crippen LogP contribution in [0.2, 0.25) is 0 Å².